The number of hydrogen-bond acceptors (Lipinski definition) is 2. The van der Waals surface area contributed by atoms with E-state index in [-0.39, 0.29) is 0 Å². The van der Waals surface area contributed by atoms with E-state index in [4.69, 9.17) is 0 Å². The molecule has 0 aromatic carbocycles. The summed E-state index contributed by atoms with van der Waals surface area (Å²) in [5, 5.41) is 8.05. The highest BCUT2D eigenvalue weighted by molar-refractivity contribution is 5.14. The molecule has 3 unspecified atom stereocenters. The fraction of sp³-hybridized carbons (Fsp3) is 0.800. The van der Waals surface area contributed by atoms with E-state index in [2.05, 4.69) is 49.1 Å². The van der Waals surface area contributed by atoms with E-state index in [0.717, 1.165) is 17.5 Å². The average molecular weight is 249 g/mol. The first-order valence-electron chi connectivity index (χ1n) is 7.35. The molecule has 1 fully saturated rings. The Balaban J connectivity index is 2.24. The van der Waals surface area contributed by atoms with E-state index in [0.29, 0.717) is 6.04 Å². The van der Waals surface area contributed by atoms with E-state index in [1.54, 1.807) is 0 Å². The molecule has 1 aliphatic rings. The second kappa shape index (κ2) is 5.87. The predicted molar refractivity (Wildman–Crippen MR) is 75.5 cm³/mol. The number of nitrogens with zero attached hydrogens (tertiary/aromatic N) is 2. The number of rotatable bonds is 4. The van der Waals surface area contributed by atoms with Crippen LogP contribution in [0.2, 0.25) is 0 Å². The lowest BCUT2D eigenvalue weighted by Crippen LogP contribution is -2.33. The second-order valence-electron chi connectivity index (χ2n) is 5.72. The van der Waals surface area contributed by atoms with Crippen LogP contribution in [0, 0.1) is 18.8 Å². The minimum absolute atomic E-state index is 0.460. The average Bonchev–Trinajstić information content (AvgIpc) is 2.70. The summed E-state index contributed by atoms with van der Waals surface area (Å²) >= 11 is 0. The monoisotopic (exact) mass is 249 g/mol. The van der Waals surface area contributed by atoms with E-state index in [1.165, 1.54) is 37.8 Å². The summed E-state index contributed by atoms with van der Waals surface area (Å²) in [6.45, 7) is 4.42. The summed E-state index contributed by atoms with van der Waals surface area (Å²) in [4.78, 5) is 0. The van der Waals surface area contributed by atoms with Gasteiger partial charge < -0.3 is 5.32 Å². The maximum atomic E-state index is 4.50. The lowest BCUT2D eigenvalue weighted by atomic mass is 9.73. The van der Waals surface area contributed by atoms with Crippen molar-refractivity contribution < 1.29 is 0 Å². The first-order valence-corrected chi connectivity index (χ1v) is 7.35. The summed E-state index contributed by atoms with van der Waals surface area (Å²) in [6, 6.07) is 2.70. The van der Waals surface area contributed by atoms with Gasteiger partial charge in [-0.3, -0.25) is 4.68 Å². The van der Waals surface area contributed by atoms with Gasteiger partial charge in [0.25, 0.3) is 0 Å². The van der Waals surface area contributed by atoms with Crippen LogP contribution in [-0.4, -0.2) is 16.8 Å². The van der Waals surface area contributed by atoms with E-state index in [1.807, 2.05) is 0 Å². The van der Waals surface area contributed by atoms with Crippen molar-refractivity contribution in [2.45, 2.75) is 52.0 Å². The quantitative estimate of drug-likeness (QED) is 0.888. The molecule has 2 rings (SSSR count). The zero-order valence-electron chi connectivity index (χ0n) is 12.2. The Morgan fingerprint density at radius 3 is 2.72 bits per heavy atom. The molecule has 18 heavy (non-hydrogen) atoms. The van der Waals surface area contributed by atoms with Gasteiger partial charge in [-0.1, -0.05) is 32.6 Å². The molecule has 0 saturated heterocycles. The Morgan fingerprint density at radius 2 is 2.17 bits per heavy atom. The molecule has 0 radical (unpaired) electrons. The summed E-state index contributed by atoms with van der Waals surface area (Å²) in [5.74, 6) is 1.63. The summed E-state index contributed by atoms with van der Waals surface area (Å²) in [6.07, 6.45) is 6.86. The van der Waals surface area contributed by atoms with Crippen molar-refractivity contribution in [1.29, 1.82) is 0 Å². The second-order valence-corrected chi connectivity index (χ2v) is 5.72. The van der Waals surface area contributed by atoms with Gasteiger partial charge in [-0.25, -0.2) is 0 Å². The summed E-state index contributed by atoms with van der Waals surface area (Å²) in [5.41, 5.74) is 2.47. The molecule has 0 spiro atoms. The molecular weight excluding hydrogens is 222 g/mol. The molecular formula is C15H27N3. The van der Waals surface area contributed by atoms with Crippen molar-refractivity contribution in [3.63, 3.8) is 0 Å². The fourth-order valence-corrected chi connectivity index (χ4v) is 3.69. The zero-order valence-corrected chi connectivity index (χ0v) is 12.2. The minimum atomic E-state index is 0.460. The van der Waals surface area contributed by atoms with Crippen LogP contribution in [-0.2, 0) is 7.05 Å². The topological polar surface area (TPSA) is 29.9 Å². The standard InChI is InChI=1S/C15H27N3/c1-5-12-8-6-7-9-13(12)15(16-3)14-10-11(2)17-18(14)4/h10,12-13,15-16H,5-9H2,1-4H3. The largest absolute Gasteiger partial charge is 0.311 e. The molecule has 1 aromatic heterocycles. The Bertz CT molecular complexity index is 383. The molecule has 1 heterocycles. The Morgan fingerprint density at radius 1 is 1.44 bits per heavy atom. The zero-order chi connectivity index (χ0) is 13.1. The third kappa shape index (κ3) is 2.61. The van der Waals surface area contributed by atoms with Crippen LogP contribution in [0.15, 0.2) is 6.07 Å². The highest BCUT2D eigenvalue weighted by Crippen LogP contribution is 2.40. The lowest BCUT2D eigenvalue weighted by Gasteiger charge is -2.36. The van der Waals surface area contributed by atoms with Gasteiger partial charge in [-0.15, -0.1) is 0 Å². The maximum absolute atomic E-state index is 4.50. The Kier molecular flexibility index (Phi) is 4.44. The summed E-state index contributed by atoms with van der Waals surface area (Å²) in [7, 11) is 4.16. The molecule has 3 heteroatoms. The molecule has 1 N–H and O–H groups in total. The van der Waals surface area contributed by atoms with Crippen LogP contribution in [0.3, 0.4) is 0 Å². The number of hydrogen-bond donors (Lipinski definition) is 1. The van der Waals surface area contributed by atoms with E-state index in [9.17, 15) is 0 Å². The van der Waals surface area contributed by atoms with Gasteiger partial charge in [-0.05, 0) is 38.3 Å². The molecule has 1 saturated carbocycles. The van der Waals surface area contributed by atoms with Gasteiger partial charge in [0.05, 0.1) is 17.4 Å². The number of nitrogens with one attached hydrogen (secondary N) is 1. The third-order valence-corrected chi connectivity index (χ3v) is 4.59. The van der Waals surface area contributed by atoms with Crippen molar-refractivity contribution >= 4 is 0 Å². The third-order valence-electron chi connectivity index (χ3n) is 4.59. The molecule has 3 nitrogen and oxygen atoms in total. The SMILES string of the molecule is CCC1CCCCC1C(NC)c1cc(C)nn1C. The van der Waals surface area contributed by atoms with E-state index < -0.39 is 0 Å². The molecule has 0 aliphatic heterocycles. The van der Waals surface area contributed by atoms with Gasteiger partial charge in [0, 0.05) is 7.05 Å². The minimum Gasteiger partial charge on any atom is -0.311 e. The first kappa shape index (κ1) is 13.6. The van der Waals surface area contributed by atoms with Crippen molar-refractivity contribution in [3.8, 4) is 0 Å². The Labute approximate surface area is 111 Å². The highest BCUT2D eigenvalue weighted by atomic mass is 15.3. The van der Waals surface area contributed by atoms with Gasteiger partial charge in [-0.2, -0.15) is 5.10 Å². The van der Waals surface area contributed by atoms with Gasteiger partial charge >= 0.3 is 0 Å². The molecule has 102 valence electrons. The van der Waals surface area contributed by atoms with Gasteiger partial charge in [0.2, 0.25) is 0 Å². The van der Waals surface area contributed by atoms with Crippen molar-refractivity contribution in [3.05, 3.63) is 17.5 Å². The first-order chi connectivity index (χ1) is 8.67. The Hall–Kier alpha value is -0.830. The molecule has 1 aromatic rings. The maximum Gasteiger partial charge on any atom is 0.0597 e. The normalized spacial score (nSPS) is 26.2. The lowest BCUT2D eigenvalue weighted by molar-refractivity contribution is 0.176. The van der Waals surface area contributed by atoms with E-state index >= 15 is 0 Å². The van der Waals surface area contributed by atoms with Crippen LogP contribution < -0.4 is 5.32 Å². The van der Waals surface area contributed by atoms with Gasteiger partial charge in [0.15, 0.2) is 0 Å². The molecule has 1 aliphatic carbocycles. The van der Waals surface area contributed by atoms with Crippen LogP contribution in [0.5, 0.6) is 0 Å². The van der Waals surface area contributed by atoms with Crippen molar-refractivity contribution in [2.75, 3.05) is 7.05 Å². The molecule has 0 amide bonds. The summed E-state index contributed by atoms with van der Waals surface area (Å²) < 4.78 is 2.05. The van der Waals surface area contributed by atoms with Crippen LogP contribution >= 0.6 is 0 Å². The number of aryl methyl sites for hydroxylation is 2. The molecule has 0 bridgehead atoms. The smallest absolute Gasteiger partial charge is 0.0597 e. The van der Waals surface area contributed by atoms with Crippen LogP contribution in [0.4, 0.5) is 0 Å². The van der Waals surface area contributed by atoms with Crippen LogP contribution in [0.25, 0.3) is 0 Å². The predicted octanol–water partition coefficient (Wildman–Crippen LogP) is 3.21. The number of aromatic nitrogens is 2. The van der Waals surface area contributed by atoms with Crippen LogP contribution in [0.1, 0.15) is 56.5 Å². The van der Waals surface area contributed by atoms with Crippen molar-refractivity contribution in [2.24, 2.45) is 18.9 Å². The molecule has 3 atom stereocenters. The van der Waals surface area contributed by atoms with Crippen molar-refractivity contribution in [1.82, 2.24) is 15.1 Å². The fourth-order valence-electron chi connectivity index (χ4n) is 3.69. The van der Waals surface area contributed by atoms with Gasteiger partial charge in [0.1, 0.15) is 0 Å². The highest BCUT2D eigenvalue weighted by Gasteiger charge is 2.32.